The highest BCUT2D eigenvalue weighted by Crippen LogP contribution is 2.38. The zero-order valence-corrected chi connectivity index (χ0v) is 15.5. The van der Waals surface area contributed by atoms with Crippen LogP contribution in [0.25, 0.3) is 0 Å². The Bertz CT molecular complexity index is 922. The summed E-state index contributed by atoms with van der Waals surface area (Å²) in [4.78, 5) is 34.6. The standard InChI is InChI=1S/C18H18Cl2N4O2/c19-10-4-5-11(13(20)8-10)12-9-14(25)21-16-15(12)17(26)23-18(22-16)24-6-2-1-3-7-24/h4-5,8,12H,1-3,6-7,9H2,(H2,21,22,23,25,26)/t12-/m0/s1. The topological polar surface area (TPSA) is 78.1 Å². The number of carbonyl (C=O) groups is 1. The summed E-state index contributed by atoms with van der Waals surface area (Å²) >= 11 is 12.3. The van der Waals surface area contributed by atoms with E-state index in [9.17, 15) is 9.59 Å². The van der Waals surface area contributed by atoms with E-state index in [-0.39, 0.29) is 17.9 Å². The number of nitrogens with zero attached hydrogens (tertiary/aromatic N) is 2. The molecule has 1 aromatic carbocycles. The fourth-order valence-corrected chi connectivity index (χ4v) is 4.20. The van der Waals surface area contributed by atoms with Gasteiger partial charge in [0.2, 0.25) is 11.9 Å². The minimum absolute atomic E-state index is 0.141. The van der Waals surface area contributed by atoms with Gasteiger partial charge in [-0.3, -0.25) is 14.6 Å². The number of aromatic amines is 1. The highest BCUT2D eigenvalue weighted by molar-refractivity contribution is 6.35. The number of H-pyrrole nitrogens is 1. The minimum atomic E-state index is -0.449. The van der Waals surface area contributed by atoms with Gasteiger partial charge in [0.15, 0.2) is 0 Å². The maximum atomic E-state index is 12.9. The number of amides is 1. The molecule has 1 saturated heterocycles. The molecule has 136 valence electrons. The Morgan fingerprint density at radius 3 is 2.62 bits per heavy atom. The summed E-state index contributed by atoms with van der Waals surface area (Å²) in [5.74, 6) is 0.199. The van der Waals surface area contributed by atoms with Crippen molar-refractivity contribution >= 4 is 40.9 Å². The lowest BCUT2D eigenvalue weighted by atomic mass is 9.87. The predicted octanol–water partition coefficient (Wildman–Crippen LogP) is 3.54. The molecule has 3 heterocycles. The summed E-state index contributed by atoms with van der Waals surface area (Å²) in [5, 5.41) is 3.68. The smallest absolute Gasteiger partial charge is 0.258 e. The Hall–Kier alpha value is -2.05. The normalized spacial score (nSPS) is 19.8. The van der Waals surface area contributed by atoms with Crippen LogP contribution in [0.1, 0.15) is 42.7 Å². The van der Waals surface area contributed by atoms with Crippen molar-refractivity contribution in [3.8, 4) is 0 Å². The van der Waals surface area contributed by atoms with Crippen LogP contribution < -0.4 is 15.8 Å². The summed E-state index contributed by atoms with van der Waals surface area (Å²) < 4.78 is 0. The van der Waals surface area contributed by atoms with Crippen LogP contribution in [0.3, 0.4) is 0 Å². The summed E-state index contributed by atoms with van der Waals surface area (Å²) in [6, 6.07) is 5.09. The molecule has 2 aliphatic rings. The first kappa shape index (κ1) is 17.4. The van der Waals surface area contributed by atoms with Crippen LogP contribution in [0.2, 0.25) is 10.0 Å². The van der Waals surface area contributed by atoms with Crippen molar-refractivity contribution in [2.75, 3.05) is 23.3 Å². The monoisotopic (exact) mass is 392 g/mol. The average Bonchev–Trinajstić information content (AvgIpc) is 2.61. The highest BCUT2D eigenvalue weighted by atomic mass is 35.5. The van der Waals surface area contributed by atoms with E-state index >= 15 is 0 Å². The number of anilines is 2. The van der Waals surface area contributed by atoms with Crippen LogP contribution in [0, 0.1) is 0 Å². The van der Waals surface area contributed by atoms with Crippen LogP contribution in [0.4, 0.5) is 11.8 Å². The van der Waals surface area contributed by atoms with E-state index in [1.54, 1.807) is 18.2 Å². The first-order valence-corrected chi connectivity index (χ1v) is 9.42. The lowest BCUT2D eigenvalue weighted by molar-refractivity contribution is -0.116. The number of carbonyl (C=O) groups excluding carboxylic acids is 1. The van der Waals surface area contributed by atoms with Crippen molar-refractivity contribution in [1.82, 2.24) is 9.97 Å². The van der Waals surface area contributed by atoms with Crippen molar-refractivity contribution in [2.24, 2.45) is 0 Å². The Morgan fingerprint density at radius 1 is 1.12 bits per heavy atom. The van der Waals surface area contributed by atoms with Crippen LogP contribution in [0.5, 0.6) is 0 Å². The van der Waals surface area contributed by atoms with Gasteiger partial charge < -0.3 is 10.2 Å². The van der Waals surface area contributed by atoms with Crippen LogP contribution in [-0.2, 0) is 4.79 Å². The average molecular weight is 393 g/mol. The van der Waals surface area contributed by atoms with Crippen molar-refractivity contribution < 1.29 is 4.79 Å². The number of nitrogens with one attached hydrogen (secondary N) is 2. The molecular weight excluding hydrogens is 375 g/mol. The van der Waals surface area contributed by atoms with Gasteiger partial charge in [-0.1, -0.05) is 29.3 Å². The zero-order valence-electron chi connectivity index (χ0n) is 14.0. The second-order valence-corrected chi connectivity index (χ2v) is 7.51. The van der Waals surface area contributed by atoms with Gasteiger partial charge in [-0.05, 0) is 37.0 Å². The number of benzene rings is 1. The fraction of sp³-hybridized carbons (Fsp3) is 0.389. The molecule has 0 bridgehead atoms. The van der Waals surface area contributed by atoms with Gasteiger partial charge >= 0.3 is 0 Å². The number of aromatic nitrogens is 2. The molecule has 26 heavy (non-hydrogen) atoms. The van der Waals surface area contributed by atoms with Gasteiger partial charge in [0.25, 0.3) is 5.56 Å². The highest BCUT2D eigenvalue weighted by Gasteiger charge is 2.32. The van der Waals surface area contributed by atoms with E-state index in [2.05, 4.69) is 20.2 Å². The number of piperidine rings is 1. The molecule has 0 saturated carbocycles. The number of rotatable bonds is 2. The first-order chi connectivity index (χ1) is 12.5. The molecule has 2 N–H and O–H groups in total. The van der Waals surface area contributed by atoms with Crippen LogP contribution in [0.15, 0.2) is 23.0 Å². The molecule has 0 spiro atoms. The van der Waals surface area contributed by atoms with E-state index < -0.39 is 5.92 Å². The molecule has 1 atom stereocenters. The Morgan fingerprint density at radius 2 is 1.88 bits per heavy atom. The SMILES string of the molecule is O=C1C[C@@H](c2ccc(Cl)cc2Cl)c2c(nc(N3CCCCC3)[nH]c2=O)N1. The molecule has 0 radical (unpaired) electrons. The Balaban J connectivity index is 1.80. The van der Waals surface area contributed by atoms with Gasteiger partial charge in [0, 0.05) is 35.5 Å². The second-order valence-electron chi connectivity index (χ2n) is 6.67. The lowest BCUT2D eigenvalue weighted by Crippen LogP contribution is -2.36. The minimum Gasteiger partial charge on any atom is -0.342 e. The van der Waals surface area contributed by atoms with Gasteiger partial charge in [0.1, 0.15) is 5.82 Å². The Labute approximate surface area is 160 Å². The largest absolute Gasteiger partial charge is 0.342 e. The van der Waals surface area contributed by atoms with Crippen molar-refractivity contribution in [1.29, 1.82) is 0 Å². The Kier molecular flexibility index (Phi) is 4.63. The van der Waals surface area contributed by atoms with E-state index in [0.717, 1.165) is 25.9 Å². The third-order valence-electron chi connectivity index (χ3n) is 4.93. The molecule has 0 aliphatic carbocycles. The molecule has 6 nitrogen and oxygen atoms in total. The zero-order chi connectivity index (χ0) is 18.3. The summed E-state index contributed by atoms with van der Waals surface area (Å²) in [7, 11) is 0. The number of hydrogen-bond acceptors (Lipinski definition) is 4. The van der Waals surface area contributed by atoms with Crippen molar-refractivity contribution in [3.63, 3.8) is 0 Å². The van der Waals surface area contributed by atoms with Crippen molar-refractivity contribution in [3.05, 3.63) is 49.7 Å². The lowest BCUT2D eigenvalue weighted by Gasteiger charge is -2.30. The molecule has 0 unspecified atom stereocenters. The molecule has 4 rings (SSSR count). The van der Waals surface area contributed by atoms with Gasteiger partial charge in [0.05, 0.1) is 5.56 Å². The predicted molar refractivity (Wildman–Crippen MR) is 102 cm³/mol. The molecule has 2 aromatic rings. The van der Waals surface area contributed by atoms with E-state index in [1.165, 1.54) is 6.42 Å². The molecular formula is C18H18Cl2N4O2. The van der Waals surface area contributed by atoms with Crippen LogP contribution >= 0.6 is 23.2 Å². The molecule has 1 amide bonds. The van der Waals surface area contributed by atoms with Crippen LogP contribution in [-0.4, -0.2) is 29.0 Å². The molecule has 8 heteroatoms. The molecule has 2 aliphatic heterocycles. The van der Waals surface area contributed by atoms with E-state index in [4.69, 9.17) is 23.2 Å². The second kappa shape index (κ2) is 6.93. The maximum absolute atomic E-state index is 12.9. The van der Waals surface area contributed by atoms with Gasteiger partial charge in [-0.2, -0.15) is 4.98 Å². The summed E-state index contributed by atoms with van der Waals surface area (Å²) in [6.45, 7) is 1.70. The summed E-state index contributed by atoms with van der Waals surface area (Å²) in [6.07, 6.45) is 3.45. The quantitative estimate of drug-likeness (QED) is 0.818. The first-order valence-electron chi connectivity index (χ1n) is 8.67. The number of hydrogen-bond donors (Lipinski definition) is 2. The van der Waals surface area contributed by atoms with Gasteiger partial charge in [-0.15, -0.1) is 0 Å². The number of fused-ring (bicyclic) bond motifs is 1. The third-order valence-corrected chi connectivity index (χ3v) is 5.49. The summed E-state index contributed by atoms with van der Waals surface area (Å²) in [5.41, 5.74) is 0.895. The maximum Gasteiger partial charge on any atom is 0.258 e. The third kappa shape index (κ3) is 3.19. The number of halogens is 2. The molecule has 1 aromatic heterocycles. The fourth-order valence-electron chi connectivity index (χ4n) is 3.66. The van der Waals surface area contributed by atoms with E-state index in [0.29, 0.717) is 32.9 Å². The van der Waals surface area contributed by atoms with E-state index in [1.807, 2.05) is 0 Å². The van der Waals surface area contributed by atoms with Crippen molar-refractivity contribution in [2.45, 2.75) is 31.6 Å². The van der Waals surface area contributed by atoms with Gasteiger partial charge in [-0.25, -0.2) is 0 Å². The molecule has 1 fully saturated rings.